The van der Waals surface area contributed by atoms with Crippen LogP contribution in [0.15, 0.2) is 152 Å². The van der Waals surface area contributed by atoms with Crippen LogP contribution in [-0.4, -0.2) is 48.8 Å². The van der Waals surface area contributed by atoms with Crippen LogP contribution in [0, 0.1) is 0 Å². The molecular formula is C46H51NO7. The predicted octanol–water partition coefficient (Wildman–Crippen LogP) is 8.99. The first-order chi connectivity index (χ1) is 26.3. The molecule has 8 nitrogen and oxygen atoms in total. The van der Waals surface area contributed by atoms with E-state index in [4.69, 9.17) is 28.4 Å². The van der Waals surface area contributed by atoms with Gasteiger partial charge in [-0.05, 0) is 48.6 Å². The molecule has 1 heterocycles. The molecule has 0 radical (unpaired) electrons. The summed E-state index contributed by atoms with van der Waals surface area (Å²) in [6.45, 7) is 7.03. The van der Waals surface area contributed by atoms with E-state index in [1.807, 2.05) is 172 Å². The minimum absolute atomic E-state index is 0.204. The molecule has 0 unspecified atom stereocenters. The van der Waals surface area contributed by atoms with E-state index < -0.39 is 48.3 Å². The Morgan fingerprint density at radius 1 is 0.574 bits per heavy atom. The monoisotopic (exact) mass is 729 g/mol. The lowest BCUT2D eigenvalue weighted by Gasteiger charge is -2.48. The summed E-state index contributed by atoms with van der Waals surface area (Å²) >= 11 is 0. The molecular weight excluding hydrogens is 679 g/mol. The Balaban J connectivity index is 1.41. The second kappa shape index (κ2) is 19.5. The Labute approximate surface area is 319 Å². The van der Waals surface area contributed by atoms with Crippen LogP contribution in [0.25, 0.3) is 0 Å². The summed E-state index contributed by atoms with van der Waals surface area (Å²) < 4.78 is 40.0. The van der Waals surface area contributed by atoms with Gasteiger partial charge in [-0.2, -0.15) is 0 Å². The fourth-order valence-electron chi connectivity index (χ4n) is 6.54. The molecule has 6 atom stereocenters. The average Bonchev–Trinajstić information content (AvgIpc) is 3.19. The van der Waals surface area contributed by atoms with Crippen LogP contribution in [-0.2, 0) is 54.8 Å². The van der Waals surface area contributed by atoms with Gasteiger partial charge in [0.25, 0.3) is 0 Å². The summed E-state index contributed by atoms with van der Waals surface area (Å²) in [4.78, 5) is 13.6. The molecule has 8 heteroatoms. The summed E-state index contributed by atoms with van der Waals surface area (Å²) in [6, 6.07) is 49.2. The number of alkyl carbamates (subject to hydrolysis) is 1. The van der Waals surface area contributed by atoms with Crippen LogP contribution in [0.1, 0.15) is 54.6 Å². The number of rotatable bonds is 16. The van der Waals surface area contributed by atoms with Crippen LogP contribution in [0.5, 0.6) is 0 Å². The van der Waals surface area contributed by atoms with Gasteiger partial charge in [0, 0.05) is 0 Å². The molecule has 0 aromatic heterocycles. The number of ether oxygens (including phenoxy) is 6. The molecule has 1 aliphatic rings. The number of carbonyl (C=O) groups is 1. The first-order valence-electron chi connectivity index (χ1n) is 18.6. The minimum Gasteiger partial charge on any atom is -0.444 e. The van der Waals surface area contributed by atoms with Crippen molar-refractivity contribution in [3.63, 3.8) is 0 Å². The minimum atomic E-state index is -0.744. The smallest absolute Gasteiger partial charge is 0.408 e. The van der Waals surface area contributed by atoms with E-state index in [-0.39, 0.29) is 13.2 Å². The van der Waals surface area contributed by atoms with E-state index in [1.165, 1.54) is 0 Å². The normalized spacial score (nSPS) is 20.5. The second-order valence-electron chi connectivity index (χ2n) is 14.5. The van der Waals surface area contributed by atoms with Crippen molar-refractivity contribution >= 4 is 6.09 Å². The summed E-state index contributed by atoms with van der Waals surface area (Å²) in [5, 5.41) is 3.15. The number of carbonyl (C=O) groups excluding carboxylic acids is 1. The predicted molar refractivity (Wildman–Crippen MR) is 208 cm³/mol. The summed E-state index contributed by atoms with van der Waals surface area (Å²) in [6.07, 6.45) is -3.88. The molecule has 0 saturated carbocycles. The van der Waals surface area contributed by atoms with E-state index in [2.05, 4.69) is 5.32 Å². The maximum absolute atomic E-state index is 13.6. The zero-order chi connectivity index (χ0) is 37.6. The number of hydrogen-bond acceptors (Lipinski definition) is 7. The molecule has 5 aromatic rings. The van der Waals surface area contributed by atoms with Gasteiger partial charge >= 0.3 is 6.09 Å². The van der Waals surface area contributed by atoms with Crippen molar-refractivity contribution in [1.82, 2.24) is 5.32 Å². The van der Waals surface area contributed by atoms with Gasteiger partial charge in [-0.25, -0.2) is 4.79 Å². The van der Waals surface area contributed by atoms with Crippen molar-refractivity contribution in [3.8, 4) is 0 Å². The Morgan fingerprint density at radius 3 is 1.44 bits per heavy atom. The number of amides is 1. The van der Waals surface area contributed by atoms with Gasteiger partial charge < -0.3 is 33.7 Å². The average molecular weight is 730 g/mol. The summed E-state index contributed by atoms with van der Waals surface area (Å²) in [5.41, 5.74) is 4.17. The summed E-state index contributed by atoms with van der Waals surface area (Å²) in [7, 11) is 0. The Morgan fingerprint density at radius 2 is 0.981 bits per heavy atom. The first kappa shape index (κ1) is 38.9. The van der Waals surface area contributed by atoms with E-state index in [1.54, 1.807) is 0 Å². The largest absolute Gasteiger partial charge is 0.444 e. The Hall–Kier alpha value is -4.83. The molecule has 0 aliphatic carbocycles. The van der Waals surface area contributed by atoms with Crippen LogP contribution in [0.3, 0.4) is 0 Å². The molecule has 1 aliphatic heterocycles. The van der Waals surface area contributed by atoms with Gasteiger partial charge in [-0.3, -0.25) is 0 Å². The lowest BCUT2D eigenvalue weighted by molar-refractivity contribution is -0.277. The molecule has 282 valence electrons. The van der Waals surface area contributed by atoms with Crippen molar-refractivity contribution in [2.75, 3.05) is 6.61 Å². The second-order valence-corrected chi connectivity index (χ2v) is 14.5. The molecule has 1 amide bonds. The Kier molecular flexibility index (Phi) is 14.0. The van der Waals surface area contributed by atoms with Crippen LogP contribution >= 0.6 is 0 Å². The zero-order valence-electron chi connectivity index (χ0n) is 31.3. The highest BCUT2D eigenvalue weighted by Gasteiger charge is 2.51. The standard InChI is InChI=1S/C46H51NO7/c1-46(2,3)54-45(48)47-40(38-27-17-8-18-28-38)42-44(52-32-37-25-15-7-16-26-37)43(51-31-36-23-13-6-14-24-36)41(50-30-35-21-11-5-12-22-35)39(53-42)33-49-29-34-19-9-4-10-20-34/h4-28,39-44H,29-33H2,1-3H3,(H,47,48)/t39-,40+,41-,42+,43+,44+/m1/s1. The van der Waals surface area contributed by atoms with E-state index in [0.717, 1.165) is 27.8 Å². The number of benzene rings is 5. The van der Waals surface area contributed by atoms with Gasteiger partial charge in [0.1, 0.15) is 36.1 Å². The van der Waals surface area contributed by atoms with Crippen molar-refractivity contribution in [1.29, 1.82) is 0 Å². The lowest BCUT2D eigenvalue weighted by atomic mass is 9.87. The van der Waals surface area contributed by atoms with Gasteiger partial charge in [-0.1, -0.05) is 152 Å². The highest BCUT2D eigenvalue weighted by molar-refractivity contribution is 5.68. The summed E-state index contributed by atoms with van der Waals surface area (Å²) in [5.74, 6) is 0. The highest BCUT2D eigenvalue weighted by Crippen LogP contribution is 2.37. The van der Waals surface area contributed by atoms with E-state index >= 15 is 0 Å². The van der Waals surface area contributed by atoms with Crippen molar-refractivity contribution in [2.24, 2.45) is 0 Å². The van der Waals surface area contributed by atoms with Crippen LogP contribution in [0.2, 0.25) is 0 Å². The third kappa shape index (κ3) is 11.6. The molecule has 1 saturated heterocycles. The fraction of sp³-hybridized carbons (Fsp3) is 0.326. The SMILES string of the molecule is CC(C)(C)OC(=O)N[C@@H](c1ccccc1)[C@@H]1O[C@H](COCc2ccccc2)[C@@H](OCc2ccccc2)[C@H](OCc2ccccc2)[C@H]1OCc1ccccc1. The fourth-order valence-corrected chi connectivity index (χ4v) is 6.54. The van der Waals surface area contributed by atoms with Crippen molar-refractivity contribution in [2.45, 2.75) is 89.4 Å². The third-order valence-corrected chi connectivity index (χ3v) is 9.08. The maximum Gasteiger partial charge on any atom is 0.408 e. The van der Waals surface area contributed by atoms with Gasteiger partial charge in [-0.15, -0.1) is 0 Å². The molecule has 0 bridgehead atoms. The molecule has 5 aromatic carbocycles. The topological polar surface area (TPSA) is 84.5 Å². The number of hydrogen-bond donors (Lipinski definition) is 1. The lowest BCUT2D eigenvalue weighted by Crippen LogP contribution is -2.64. The zero-order valence-corrected chi connectivity index (χ0v) is 31.3. The van der Waals surface area contributed by atoms with Crippen molar-refractivity contribution < 1.29 is 33.2 Å². The Bertz CT molecular complexity index is 1800. The highest BCUT2D eigenvalue weighted by atomic mass is 16.6. The quantitative estimate of drug-likeness (QED) is 0.109. The van der Waals surface area contributed by atoms with Gasteiger partial charge in [0.15, 0.2) is 0 Å². The van der Waals surface area contributed by atoms with E-state index in [0.29, 0.717) is 19.8 Å². The van der Waals surface area contributed by atoms with Crippen LogP contribution in [0.4, 0.5) is 4.79 Å². The van der Waals surface area contributed by atoms with Gasteiger partial charge in [0.05, 0.1) is 39.1 Å². The third-order valence-electron chi connectivity index (χ3n) is 9.08. The van der Waals surface area contributed by atoms with Crippen molar-refractivity contribution in [3.05, 3.63) is 179 Å². The molecule has 0 spiro atoms. The maximum atomic E-state index is 13.6. The molecule has 1 fully saturated rings. The molecule has 1 N–H and O–H groups in total. The van der Waals surface area contributed by atoms with Crippen LogP contribution < -0.4 is 5.32 Å². The van der Waals surface area contributed by atoms with Gasteiger partial charge in [0.2, 0.25) is 0 Å². The molecule has 6 rings (SSSR count). The number of nitrogens with one attached hydrogen (secondary N) is 1. The van der Waals surface area contributed by atoms with E-state index in [9.17, 15) is 4.79 Å². The molecule has 54 heavy (non-hydrogen) atoms. The first-order valence-corrected chi connectivity index (χ1v) is 18.6.